The third-order valence-corrected chi connectivity index (χ3v) is 5.15. The molecule has 1 rings (SSSR count). The summed E-state index contributed by atoms with van der Waals surface area (Å²) in [6.45, 7) is 5.75. The predicted octanol–water partition coefficient (Wildman–Crippen LogP) is 1.68. The van der Waals surface area contributed by atoms with Crippen LogP contribution in [0.2, 0.25) is 5.02 Å². The monoisotopic (exact) mass is 333 g/mol. The summed E-state index contributed by atoms with van der Waals surface area (Å²) in [4.78, 5) is 2.27. The summed E-state index contributed by atoms with van der Waals surface area (Å²) in [5.41, 5.74) is 0.873. The van der Waals surface area contributed by atoms with Gasteiger partial charge in [0.05, 0.1) is 4.90 Å². The second-order valence-corrected chi connectivity index (χ2v) is 7.43. The van der Waals surface area contributed by atoms with Gasteiger partial charge in [0.25, 0.3) is 0 Å². The summed E-state index contributed by atoms with van der Waals surface area (Å²) >= 11 is 6.10. The molecule has 0 fully saturated rings. The van der Waals surface area contributed by atoms with Gasteiger partial charge in [-0.3, -0.25) is 0 Å². The highest BCUT2D eigenvalue weighted by Gasteiger charge is 2.15. The van der Waals surface area contributed by atoms with E-state index in [1.807, 2.05) is 14.1 Å². The number of rotatable bonds is 8. The van der Waals surface area contributed by atoms with Gasteiger partial charge in [-0.25, -0.2) is 13.1 Å². The summed E-state index contributed by atoms with van der Waals surface area (Å²) in [5.74, 6) is 0. The van der Waals surface area contributed by atoms with E-state index >= 15 is 0 Å². The Morgan fingerprint density at radius 2 is 2.00 bits per heavy atom. The summed E-state index contributed by atoms with van der Waals surface area (Å²) < 4.78 is 27.0. The molecule has 120 valence electrons. The molecule has 21 heavy (non-hydrogen) atoms. The van der Waals surface area contributed by atoms with E-state index in [0.717, 1.165) is 5.56 Å². The maximum absolute atomic E-state index is 12.2. The van der Waals surface area contributed by atoms with Crippen molar-refractivity contribution in [3.05, 3.63) is 28.8 Å². The number of benzene rings is 1. The number of sulfonamides is 1. The van der Waals surface area contributed by atoms with Gasteiger partial charge in [-0.15, -0.1) is 0 Å². The van der Waals surface area contributed by atoms with Gasteiger partial charge >= 0.3 is 0 Å². The smallest absolute Gasteiger partial charge is 0.240 e. The van der Waals surface area contributed by atoms with E-state index in [1.165, 1.54) is 6.07 Å². The quantitative estimate of drug-likeness (QED) is 0.760. The minimum absolute atomic E-state index is 0.194. The van der Waals surface area contributed by atoms with Gasteiger partial charge in [0.2, 0.25) is 10.0 Å². The van der Waals surface area contributed by atoms with Crippen molar-refractivity contribution < 1.29 is 8.42 Å². The van der Waals surface area contributed by atoms with Crippen molar-refractivity contribution in [2.45, 2.75) is 31.3 Å². The van der Waals surface area contributed by atoms with Gasteiger partial charge in [0, 0.05) is 30.7 Å². The zero-order valence-corrected chi connectivity index (χ0v) is 14.6. The Bertz CT molecular complexity index is 561. The lowest BCUT2D eigenvalue weighted by molar-refractivity contribution is 0.278. The first-order valence-corrected chi connectivity index (χ1v) is 8.77. The fourth-order valence-corrected chi connectivity index (χ4v) is 3.09. The van der Waals surface area contributed by atoms with Gasteiger partial charge in [-0.05, 0) is 45.6 Å². The maximum Gasteiger partial charge on any atom is 0.240 e. The van der Waals surface area contributed by atoms with E-state index in [0.29, 0.717) is 30.7 Å². The van der Waals surface area contributed by atoms with Crippen LogP contribution in [0.1, 0.15) is 19.4 Å². The van der Waals surface area contributed by atoms with E-state index in [1.54, 1.807) is 12.1 Å². The standard InChI is InChI=1S/C14H24ClN3O2S/c1-11(2)18(4)8-7-17-21(19,20)13-6-5-12(10-16-3)14(15)9-13/h5-6,9,11,16-17H,7-8,10H2,1-4H3. The molecule has 5 nitrogen and oxygen atoms in total. The first kappa shape index (κ1) is 18.4. The van der Waals surface area contributed by atoms with E-state index in [9.17, 15) is 8.42 Å². The molecule has 7 heteroatoms. The van der Waals surface area contributed by atoms with Crippen molar-refractivity contribution in [1.29, 1.82) is 0 Å². The number of hydrogen-bond donors (Lipinski definition) is 2. The van der Waals surface area contributed by atoms with E-state index < -0.39 is 10.0 Å². The Hall–Kier alpha value is -0.660. The number of nitrogens with zero attached hydrogens (tertiary/aromatic N) is 1. The molecule has 0 saturated heterocycles. The van der Waals surface area contributed by atoms with Gasteiger partial charge in [-0.1, -0.05) is 17.7 Å². The van der Waals surface area contributed by atoms with Crippen LogP contribution in [0.3, 0.4) is 0 Å². The van der Waals surface area contributed by atoms with E-state index in [4.69, 9.17) is 11.6 Å². The predicted molar refractivity (Wildman–Crippen MR) is 87.2 cm³/mol. The highest BCUT2D eigenvalue weighted by Crippen LogP contribution is 2.20. The SMILES string of the molecule is CNCc1ccc(S(=O)(=O)NCCN(C)C(C)C)cc1Cl. The highest BCUT2D eigenvalue weighted by molar-refractivity contribution is 7.89. The van der Waals surface area contributed by atoms with Crippen LogP contribution in [0.5, 0.6) is 0 Å². The van der Waals surface area contributed by atoms with Crippen LogP contribution in [0.4, 0.5) is 0 Å². The number of likely N-dealkylation sites (N-methyl/N-ethyl adjacent to an activating group) is 1. The Kier molecular flexibility index (Phi) is 7.09. The fraction of sp³-hybridized carbons (Fsp3) is 0.571. The van der Waals surface area contributed by atoms with Gasteiger partial charge < -0.3 is 10.2 Å². The molecule has 0 aliphatic rings. The molecule has 0 atom stereocenters. The van der Waals surface area contributed by atoms with Crippen molar-refractivity contribution in [3.63, 3.8) is 0 Å². The van der Waals surface area contributed by atoms with Crippen LogP contribution < -0.4 is 10.0 Å². The molecular weight excluding hydrogens is 310 g/mol. The topological polar surface area (TPSA) is 61.4 Å². The Morgan fingerprint density at radius 3 is 2.52 bits per heavy atom. The first-order chi connectivity index (χ1) is 9.77. The molecule has 0 aromatic heterocycles. The third-order valence-electron chi connectivity index (χ3n) is 3.34. The fourth-order valence-electron chi connectivity index (χ4n) is 1.73. The Labute approximate surface area is 132 Å². The molecule has 0 saturated carbocycles. The normalized spacial score (nSPS) is 12.3. The van der Waals surface area contributed by atoms with E-state index in [2.05, 4.69) is 28.8 Å². The van der Waals surface area contributed by atoms with Gasteiger partial charge in [0.15, 0.2) is 0 Å². The molecule has 0 radical (unpaired) electrons. The highest BCUT2D eigenvalue weighted by atomic mass is 35.5. The lowest BCUT2D eigenvalue weighted by Gasteiger charge is -2.20. The summed E-state index contributed by atoms with van der Waals surface area (Å²) in [5, 5.41) is 3.44. The molecule has 0 heterocycles. The minimum atomic E-state index is -3.52. The van der Waals surface area contributed by atoms with Crippen LogP contribution in [0.15, 0.2) is 23.1 Å². The minimum Gasteiger partial charge on any atom is -0.316 e. The van der Waals surface area contributed by atoms with Gasteiger partial charge in [0.1, 0.15) is 0 Å². The van der Waals surface area contributed by atoms with Crippen molar-refractivity contribution in [1.82, 2.24) is 14.9 Å². The second kappa shape index (κ2) is 8.10. The molecule has 0 bridgehead atoms. The lowest BCUT2D eigenvalue weighted by atomic mass is 10.2. The maximum atomic E-state index is 12.2. The molecule has 1 aromatic carbocycles. The molecule has 1 aromatic rings. The number of nitrogens with one attached hydrogen (secondary N) is 2. The lowest BCUT2D eigenvalue weighted by Crippen LogP contribution is -2.36. The van der Waals surface area contributed by atoms with Crippen molar-refractivity contribution in [2.75, 3.05) is 27.2 Å². The molecule has 2 N–H and O–H groups in total. The molecule has 0 aliphatic carbocycles. The Morgan fingerprint density at radius 1 is 1.33 bits per heavy atom. The van der Waals surface area contributed by atoms with Crippen LogP contribution in [0.25, 0.3) is 0 Å². The summed E-state index contributed by atoms with van der Waals surface area (Å²) in [7, 11) is 0.257. The average molecular weight is 334 g/mol. The molecule has 0 unspecified atom stereocenters. The van der Waals surface area contributed by atoms with Crippen molar-refractivity contribution in [2.24, 2.45) is 0 Å². The third kappa shape index (κ3) is 5.56. The summed E-state index contributed by atoms with van der Waals surface area (Å²) in [6, 6.07) is 5.17. The zero-order chi connectivity index (χ0) is 16.0. The van der Waals surface area contributed by atoms with Crippen LogP contribution >= 0.6 is 11.6 Å². The molecule has 0 spiro atoms. The van der Waals surface area contributed by atoms with Crippen LogP contribution in [0, 0.1) is 0 Å². The molecule has 0 amide bonds. The van der Waals surface area contributed by atoms with Crippen molar-refractivity contribution in [3.8, 4) is 0 Å². The molecule has 0 aliphatic heterocycles. The van der Waals surface area contributed by atoms with Crippen LogP contribution in [-0.4, -0.2) is 46.5 Å². The van der Waals surface area contributed by atoms with Gasteiger partial charge in [-0.2, -0.15) is 0 Å². The molecular formula is C14H24ClN3O2S. The number of hydrogen-bond acceptors (Lipinski definition) is 4. The average Bonchev–Trinajstić information content (AvgIpc) is 2.40. The summed E-state index contributed by atoms with van der Waals surface area (Å²) in [6.07, 6.45) is 0. The van der Waals surface area contributed by atoms with E-state index in [-0.39, 0.29) is 4.90 Å². The van der Waals surface area contributed by atoms with Crippen molar-refractivity contribution >= 4 is 21.6 Å². The largest absolute Gasteiger partial charge is 0.316 e. The second-order valence-electron chi connectivity index (χ2n) is 5.26. The number of halogens is 1. The Balaban J connectivity index is 2.72. The zero-order valence-electron chi connectivity index (χ0n) is 13.0. The van der Waals surface area contributed by atoms with Crippen LogP contribution in [-0.2, 0) is 16.6 Å². The first-order valence-electron chi connectivity index (χ1n) is 6.91.